The molecule has 1 heterocycles. The zero-order chi connectivity index (χ0) is 18.7. The number of nitrogens with one attached hydrogen (secondary N) is 2. The second kappa shape index (κ2) is 9.45. The van der Waals surface area contributed by atoms with E-state index in [2.05, 4.69) is 55.5 Å². The highest BCUT2D eigenvalue weighted by atomic mass is 127. The van der Waals surface area contributed by atoms with Gasteiger partial charge in [0.05, 0.1) is 12.6 Å². The molecule has 0 amide bonds. The second-order valence-electron chi connectivity index (χ2n) is 8.23. The zero-order valence-corrected chi connectivity index (χ0v) is 19.4. The molecule has 1 saturated carbocycles. The minimum absolute atomic E-state index is 0. The highest BCUT2D eigenvalue weighted by Gasteiger charge is 2.59. The Morgan fingerprint density at radius 2 is 2.07 bits per heavy atom. The van der Waals surface area contributed by atoms with Gasteiger partial charge < -0.3 is 20.1 Å². The summed E-state index contributed by atoms with van der Waals surface area (Å²) in [4.78, 5) is 4.38. The number of ether oxygens (including phenoxy) is 2. The Morgan fingerprint density at radius 3 is 2.78 bits per heavy atom. The van der Waals surface area contributed by atoms with E-state index in [-0.39, 0.29) is 29.4 Å². The van der Waals surface area contributed by atoms with Crippen LogP contribution in [-0.2, 0) is 4.74 Å². The summed E-state index contributed by atoms with van der Waals surface area (Å²) < 4.78 is 11.9. The minimum Gasteiger partial charge on any atom is -0.491 e. The van der Waals surface area contributed by atoms with Crippen LogP contribution in [0.5, 0.6) is 5.75 Å². The van der Waals surface area contributed by atoms with Crippen molar-refractivity contribution in [2.75, 3.05) is 26.8 Å². The number of halogens is 1. The maximum Gasteiger partial charge on any atom is 0.191 e. The number of guanidine groups is 1. The highest BCUT2D eigenvalue weighted by molar-refractivity contribution is 14.0. The van der Waals surface area contributed by atoms with E-state index in [1.807, 2.05) is 19.2 Å². The summed E-state index contributed by atoms with van der Waals surface area (Å²) in [5.41, 5.74) is 1.39. The predicted molar refractivity (Wildman–Crippen MR) is 121 cm³/mol. The van der Waals surface area contributed by atoms with E-state index in [9.17, 15) is 0 Å². The lowest BCUT2D eigenvalue weighted by Crippen LogP contribution is -2.68. The SMILES string of the molecule is CN=C(NCCOc1ccccc1C(C)C)NC1C2CCOC2C1(C)C.I. The summed E-state index contributed by atoms with van der Waals surface area (Å²) in [6.45, 7) is 11.1. The Hall–Kier alpha value is -1.02. The lowest BCUT2D eigenvalue weighted by molar-refractivity contribution is -0.106. The molecule has 6 heteroatoms. The van der Waals surface area contributed by atoms with E-state index in [4.69, 9.17) is 9.47 Å². The zero-order valence-electron chi connectivity index (χ0n) is 17.1. The van der Waals surface area contributed by atoms with Gasteiger partial charge in [-0.05, 0) is 24.0 Å². The topological polar surface area (TPSA) is 54.9 Å². The smallest absolute Gasteiger partial charge is 0.191 e. The van der Waals surface area contributed by atoms with Crippen molar-refractivity contribution >= 4 is 29.9 Å². The van der Waals surface area contributed by atoms with E-state index in [1.165, 1.54) is 5.56 Å². The monoisotopic (exact) mass is 487 g/mol. The van der Waals surface area contributed by atoms with E-state index in [1.54, 1.807) is 0 Å². The average molecular weight is 487 g/mol. The van der Waals surface area contributed by atoms with Crippen LogP contribution in [0.2, 0.25) is 0 Å². The Balaban J connectivity index is 0.00000261. The molecule has 3 unspecified atom stereocenters. The van der Waals surface area contributed by atoms with Gasteiger partial charge in [-0.3, -0.25) is 4.99 Å². The molecular weight excluding hydrogens is 453 g/mol. The Morgan fingerprint density at radius 1 is 1.33 bits per heavy atom. The van der Waals surface area contributed by atoms with Crippen molar-refractivity contribution in [3.63, 3.8) is 0 Å². The third-order valence-electron chi connectivity index (χ3n) is 5.81. The third kappa shape index (κ3) is 4.70. The lowest BCUT2D eigenvalue weighted by Gasteiger charge is -2.54. The Bertz CT molecular complexity index is 648. The van der Waals surface area contributed by atoms with Crippen molar-refractivity contribution < 1.29 is 9.47 Å². The molecule has 0 aromatic heterocycles. The van der Waals surface area contributed by atoms with Gasteiger partial charge in [0.15, 0.2) is 5.96 Å². The highest BCUT2D eigenvalue weighted by Crippen LogP contribution is 2.52. The van der Waals surface area contributed by atoms with E-state index < -0.39 is 0 Å². The lowest BCUT2D eigenvalue weighted by atomic mass is 9.57. The van der Waals surface area contributed by atoms with E-state index >= 15 is 0 Å². The molecule has 3 atom stereocenters. The van der Waals surface area contributed by atoms with E-state index in [0.29, 0.717) is 37.1 Å². The fraction of sp³-hybridized carbons (Fsp3) is 0.667. The molecule has 1 aromatic rings. The van der Waals surface area contributed by atoms with Crippen molar-refractivity contribution in [3.05, 3.63) is 29.8 Å². The number of hydrogen-bond donors (Lipinski definition) is 2. The first-order valence-electron chi connectivity index (χ1n) is 9.75. The van der Waals surface area contributed by atoms with Crippen LogP contribution in [0.3, 0.4) is 0 Å². The first-order valence-corrected chi connectivity index (χ1v) is 9.75. The van der Waals surface area contributed by atoms with Gasteiger partial charge in [0.25, 0.3) is 0 Å². The van der Waals surface area contributed by atoms with Gasteiger partial charge in [0.1, 0.15) is 12.4 Å². The molecular formula is C21H34IN3O2. The van der Waals surface area contributed by atoms with Crippen LogP contribution in [0.25, 0.3) is 0 Å². The molecule has 0 spiro atoms. The fourth-order valence-corrected chi connectivity index (χ4v) is 4.38. The number of hydrogen-bond acceptors (Lipinski definition) is 3. The molecule has 2 aliphatic rings. The number of para-hydroxylation sites is 1. The predicted octanol–water partition coefficient (Wildman–Crippen LogP) is 3.79. The summed E-state index contributed by atoms with van der Waals surface area (Å²) >= 11 is 0. The summed E-state index contributed by atoms with van der Waals surface area (Å²) in [7, 11) is 1.82. The molecule has 1 aliphatic carbocycles. The summed E-state index contributed by atoms with van der Waals surface area (Å²) in [6, 6.07) is 8.66. The summed E-state index contributed by atoms with van der Waals surface area (Å²) in [5, 5.41) is 6.97. The van der Waals surface area contributed by atoms with Crippen LogP contribution in [0, 0.1) is 11.3 Å². The third-order valence-corrected chi connectivity index (χ3v) is 5.81. The molecule has 2 fully saturated rings. The quantitative estimate of drug-likeness (QED) is 0.278. The van der Waals surface area contributed by atoms with Gasteiger partial charge in [-0.2, -0.15) is 0 Å². The first kappa shape index (κ1) is 22.3. The molecule has 2 N–H and O–H groups in total. The largest absolute Gasteiger partial charge is 0.491 e. The van der Waals surface area contributed by atoms with Crippen LogP contribution < -0.4 is 15.4 Å². The van der Waals surface area contributed by atoms with E-state index in [0.717, 1.165) is 24.7 Å². The first-order chi connectivity index (χ1) is 12.4. The van der Waals surface area contributed by atoms with Crippen LogP contribution in [0.1, 0.15) is 45.6 Å². The van der Waals surface area contributed by atoms with Gasteiger partial charge in [-0.1, -0.05) is 45.9 Å². The molecule has 0 bridgehead atoms. The molecule has 1 aliphatic heterocycles. The fourth-order valence-electron chi connectivity index (χ4n) is 4.38. The van der Waals surface area contributed by atoms with Gasteiger partial charge in [0, 0.05) is 31.0 Å². The van der Waals surface area contributed by atoms with Crippen molar-refractivity contribution in [1.29, 1.82) is 0 Å². The number of aliphatic imine (C=N–C) groups is 1. The number of nitrogens with zero attached hydrogens (tertiary/aromatic N) is 1. The molecule has 5 nitrogen and oxygen atoms in total. The van der Waals surface area contributed by atoms with Gasteiger partial charge in [-0.25, -0.2) is 0 Å². The second-order valence-corrected chi connectivity index (χ2v) is 8.23. The van der Waals surface area contributed by atoms with Crippen molar-refractivity contribution in [1.82, 2.24) is 10.6 Å². The Kier molecular flexibility index (Phi) is 7.80. The minimum atomic E-state index is 0. The Labute approximate surface area is 180 Å². The van der Waals surface area contributed by atoms with Crippen molar-refractivity contribution in [3.8, 4) is 5.75 Å². The summed E-state index contributed by atoms with van der Waals surface area (Å²) in [6.07, 6.45) is 1.52. The number of fused-ring (bicyclic) bond motifs is 1. The summed E-state index contributed by atoms with van der Waals surface area (Å²) in [5.74, 6) is 2.86. The van der Waals surface area contributed by atoms with Crippen LogP contribution in [0.4, 0.5) is 0 Å². The van der Waals surface area contributed by atoms with Crippen molar-refractivity contribution in [2.24, 2.45) is 16.3 Å². The molecule has 3 rings (SSSR count). The maximum atomic E-state index is 5.98. The maximum absolute atomic E-state index is 5.98. The molecule has 27 heavy (non-hydrogen) atoms. The molecule has 1 aromatic carbocycles. The van der Waals surface area contributed by atoms with Crippen LogP contribution >= 0.6 is 24.0 Å². The van der Waals surface area contributed by atoms with Crippen molar-refractivity contribution in [2.45, 2.75) is 52.2 Å². The number of rotatable bonds is 6. The molecule has 152 valence electrons. The number of benzene rings is 1. The van der Waals surface area contributed by atoms with Gasteiger partial charge in [-0.15, -0.1) is 24.0 Å². The van der Waals surface area contributed by atoms with Gasteiger partial charge >= 0.3 is 0 Å². The van der Waals surface area contributed by atoms with Crippen LogP contribution in [0.15, 0.2) is 29.3 Å². The standard InChI is InChI=1S/C21H33N3O2.HI/c1-14(2)15-8-6-7-9-17(15)25-13-11-23-20(22-5)24-18-16-10-12-26-19(16)21(18,3)4;/h6-9,14,16,18-19H,10-13H2,1-5H3,(H2,22,23,24);1H. The van der Waals surface area contributed by atoms with Gasteiger partial charge in [0.2, 0.25) is 0 Å². The normalized spacial score (nSPS) is 26.0. The average Bonchev–Trinajstić information content (AvgIpc) is 3.08. The van der Waals surface area contributed by atoms with Crippen LogP contribution in [-0.4, -0.2) is 44.9 Å². The molecule has 0 radical (unpaired) electrons. The molecule has 1 saturated heterocycles.